The van der Waals surface area contributed by atoms with Crippen LogP contribution in [0.5, 0.6) is 11.5 Å². The van der Waals surface area contributed by atoms with Gasteiger partial charge in [-0.2, -0.15) is 0 Å². The zero-order valence-corrected chi connectivity index (χ0v) is 54.7. The van der Waals surface area contributed by atoms with Gasteiger partial charge < -0.3 is 43.2 Å². The van der Waals surface area contributed by atoms with Crippen LogP contribution in [0.1, 0.15) is 140 Å². The van der Waals surface area contributed by atoms with Crippen molar-refractivity contribution in [3.05, 3.63) is 197 Å². The summed E-state index contributed by atoms with van der Waals surface area (Å²) in [5.41, 5.74) is 13.3. The molecule has 2 amide bonds. The number of nitrogens with one attached hydrogen (secondary N) is 1. The maximum atomic E-state index is 15.1. The van der Waals surface area contributed by atoms with Gasteiger partial charge in [-0.3, -0.25) is 9.59 Å². The second-order valence-corrected chi connectivity index (χ2v) is 24.7. The second-order valence-electron chi connectivity index (χ2n) is 22.7. The van der Waals surface area contributed by atoms with Gasteiger partial charge in [-0.15, -0.1) is 22.7 Å². The number of nitrogens with zero attached hydrogens (tertiary/aromatic N) is 3. The average molecular weight is 1240 g/mol. The van der Waals surface area contributed by atoms with E-state index in [4.69, 9.17) is 33.4 Å². The molecule has 0 aliphatic carbocycles. The molecular weight excluding hydrogens is 1150 g/mol. The lowest BCUT2D eigenvalue weighted by Gasteiger charge is -2.29. The molecule has 0 bridgehead atoms. The molecule has 0 saturated carbocycles. The van der Waals surface area contributed by atoms with Crippen LogP contribution in [0.3, 0.4) is 0 Å². The molecule has 3 aromatic heterocycles. The summed E-state index contributed by atoms with van der Waals surface area (Å²) in [5.74, 6) is 9.00. The van der Waals surface area contributed by atoms with Crippen LogP contribution in [-0.4, -0.2) is 112 Å². The van der Waals surface area contributed by atoms with Crippen molar-refractivity contribution in [2.45, 2.75) is 92.9 Å². The first kappa shape index (κ1) is 65.8. The number of thiophene rings is 2. The normalized spacial score (nSPS) is 15.4. The fourth-order valence-electron chi connectivity index (χ4n) is 11.3. The van der Waals surface area contributed by atoms with Gasteiger partial charge in [-0.25, -0.2) is 4.99 Å². The van der Waals surface area contributed by atoms with Crippen molar-refractivity contribution in [1.82, 2.24) is 14.8 Å². The lowest BCUT2D eigenvalue weighted by atomic mass is 9.95. The van der Waals surface area contributed by atoms with E-state index in [1.54, 1.807) is 36.9 Å². The number of carbonyl (C=O) groups is 2. The van der Waals surface area contributed by atoms with E-state index in [1.165, 1.54) is 0 Å². The molecule has 1 N–H and O–H groups in total. The first-order chi connectivity index (χ1) is 43.5. The van der Waals surface area contributed by atoms with Crippen LogP contribution < -0.4 is 9.47 Å². The molecule has 12 nitrogen and oxygen atoms in total. The van der Waals surface area contributed by atoms with Gasteiger partial charge in [0, 0.05) is 44.1 Å². The molecule has 466 valence electrons. The number of benzene rings is 3. The lowest BCUT2D eigenvalue weighted by molar-refractivity contribution is -0.124. The van der Waals surface area contributed by atoms with E-state index in [0.717, 1.165) is 151 Å². The maximum absolute atomic E-state index is 15.1. The molecule has 89 heavy (non-hydrogen) atoms. The van der Waals surface area contributed by atoms with Crippen LogP contribution in [0, 0.1) is 30.6 Å². The maximum Gasteiger partial charge on any atom is 0.261 e. The number of hydrogen-bond acceptors (Lipinski definition) is 11. The van der Waals surface area contributed by atoms with Crippen LogP contribution in [0.4, 0.5) is 0 Å². The summed E-state index contributed by atoms with van der Waals surface area (Å²) >= 11 is 3.14. The minimum Gasteiger partial charge on any atom is -0.491 e. The number of rotatable bonds is 34. The number of methoxy groups -OCH3 is 2. The van der Waals surface area contributed by atoms with Gasteiger partial charge in [0.15, 0.2) is 0 Å². The number of aryl methyl sites for hydroxylation is 1. The fourth-order valence-corrected chi connectivity index (χ4v) is 13.0. The molecule has 9 rings (SSSR count). The minimum atomic E-state index is -0.0701. The molecule has 2 atom stereocenters. The molecule has 3 aliphatic heterocycles. The van der Waals surface area contributed by atoms with E-state index in [0.29, 0.717) is 88.9 Å². The van der Waals surface area contributed by atoms with E-state index in [-0.39, 0.29) is 11.8 Å². The number of amides is 2. The van der Waals surface area contributed by atoms with Gasteiger partial charge in [0.25, 0.3) is 11.8 Å². The Morgan fingerprint density at radius 3 is 1.73 bits per heavy atom. The summed E-state index contributed by atoms with van der Waals surface area (Å²) < 4.78 is 33.0. The Labute approximate surface area is 535 Å². The number of aromatic nitrogens is 1. The highest BCUT2D eigenvalue weighted by Crippen LogP contribution is 2.49. The number of unbranched alkanes of at least 4 members (excludes halogenated alkanes) is 2. The van der Waals surface area contributed by atoms with Crippen molar-refractivity contribution in [2.75, 3.05) is 80.2 Å². The highest BCUT2D eigenvalue weighted by molar-refractivity contribution is 7.13. The minimum absolute atomic E-state index is 0.0701. The number of allylic oxidation sites excluding steroid dienone is 3. The number of carbonyl (C=O) groups excluding carboxylic acids is 2. The molecule has 0 fully saturated rings. The van der Waals surface area contributed by atoms with E-state index < -0.39 is 0 Å². The summed E-state index contributed by atoms with van der Waals surface area (Å²) in [6.45, 7) is 18.3. The Bertz CT molecular complexity index is 3620. The van der Waals surface area contributed by atoms with Crippen LogP contribution in [0.2, 0.25) is 0 Å². The number of hydrogen-bond donors (Lipinski definition) is 1. The van der Waals surface area contributed by atoms with Gasteiger partial charge in [0.1, 0.15) is 24.7 Å². The zero-order chi connectivity index (χ0) is 62.5. The van der Waals surface area contributed by atoms with Crippen molar-refractivity contribution in [3.63, 3.8) is 0 Å². The lowest BCUT2D eigenvalue weighted by Crippen LogP contribution is -2.34. The van der Waals surface area contributed by atoms with Crippen LogP contribution in [0.25, 0.3) is 35.2 Å². The van der Waals surface area contributed by atoms with Crippen LogP contribution in [-0.2, 0) is 28.5 Å². The van der Waals surface area contributed by atoms with Crippen molar-refractivity contribution >= 4 is 75.4 Å². The largest absolute Gasteiger partial charge is 0.491 e. The monoisotopic (exact) mass is 1230 g/mol. The third kappa shape index (κ3) is 17.2. The smallest absolute Gasteiger partial charge is 0.261 e. The Morgan fingerprint density at radius 2 is 1.19 bits per heavy atom. The Kier molecular flexibility index (Phi) is 24.6. The molecule has 0 spiro atoms. The zero-order valence-electron chi connectivity index (χ0n) is 53.1. The highest BCUT2D eigenvalue weighted by Gasteiger charge is 2.50. The number of ether oxygens (including phenoxy) is 6. The van der Waals surface area contributed by atoms with Gasteiger partial charge in [-0.05, 0) is 151 Å². The first-order valence-corrected chi connectivity index (χ1v) is 33.3. The van der Waals surface area contributed by atoms with Crippen molar-refractivity contribution in [3.8, 4) is 23.3 Å². The third-order valence-corrected chi connectivity index (χ3v) is 18.2. The molecule has 3 aliphatic rings. The number of aliphatic imine (C=N–C) groups is 1. The SMILES string of the molecule is CCCCC(CC)CN1C(=O)C2=C(c3ccc(C#Cc4ccc(/C(=C5N=C(/C=C/c6ccc(OCCOCCOC)cc6)C=C/5C)c5[nH]c(/C=C/c6ccc(OCCOCCOC)cc6)cc5C)cc4)s3)N(CC(CC)CCCC)C(=O)C2=C1c1cccs1. The van der Waals surface area contributed by atoms with Crippen LogP contribution >= 0.6 is 22.7 Å². The highest BCUT2D eigenvalue weighted by atomic mass is 32.1. The van der Waals surface area contributed by atoms with Gasteiger partial charge >= 0.3 is 0 Å². The summed E-state index contributed by atoms with van der Waals surface area (Å²) in [4.78, 5) is 45.9. The second kappa shape index (κ2) is 33.3. The topological polar surface area (TPSA) is 124 Å². The molecule has 2 unspecified atom stereocenters. The molecule has 14 heteroatoms. The third-order valence-electron chi connectivity index (χ3n) is 16.3. The van der Waals surface area contributed by atoms with Gasteiger partial charge in [0.2, 0.25) is 0 Å². The first-order valence-electron chi connectivity index (χ1n) is 31.6. The molecule has 0 saturated heterocycles. The summed E-state index contributed by atoms with van der Waals surface area (Å²) in [7, 11) is 3.32. The van der Waals surface area contributed by atoms with Crippen LogP contribution in [0.15, 0.2) is 148 Å². The molecule has 0 radical (unpaired) electrons. The predicted molar refractivity (Wildman–Crippen MR) is 365 cm³/mol. The number of H-pyrrole nitrogens is 1. The van der Waals surface area contributed by atoms with E-state index in [2.05, 4.69) is 131 Å². The number of aromatic amines is 1. The molecule has 3 aromatic carbocycles. The standard InChI is InChI=1S/C75H86N4O8S2/c1-9-13-16-54(11-3)50-78-72(65-18-15-47-88-65)68-69(75(78)81)73(79(74(68)80)51-55(12-4)17-14-10-2)66-38-37-64(89-66)36-27-56-19-28-59(29-20-56)67(70-52(5)48-60(76-70)30-21-57-23-32-62(33-24-57)86-45-43-84-41-39-82-7)71-53(6)49-61(77-71)31-22-58-25-34-63(35-26-58)87-46-44-85-42-40-83-8/h15,18-26,28-35,37-38,47-49,54-55,76H,9-14,16-17,39-46,50-51H2,1-8H3/b30-21+,31-22+,71-67-. The van der Waals surface area contributed by atoms with Crippen molar-refractivity contribution < 1.29 is 38.0 Å². The van der Waals surface area contributed by atoms with E-state index >= 15 is 9.59 Å². The van der Waals surface area contributed by atoms with Gasteiger partial charge in [0.05, 0.1) is 93.9 Å². The Hall–Kier alpha value is -7.61. The number of fused-ring (bicyclic) bond motifs is 1. The van der Waals surface area contributed by atoms with Crippen molar-refractivity contribution in [2.24, 2.45) is 16.8 Å². The van der Waals surface area contributed by atoms with Crippen molar-refractivity contribution in [1.29, 1.82) is 0 Å². The molecule has 6 aromatic rings. The molecule has 6 heterocycles. The summed E-state index contributed by atoms with van der Waals surface area (Å²) in [5, 5.41) is 2.04. The Morgan fingerprint density at radius 1 is 0.629 bits per heavy atom. The summed E-state index contributed by atoms with van der Waals surface area (Å²) in [6, 6.07) is 34.8. The quantitative estimate of drug-likeness (QED) is 0.0313. The van der Waals surface area contributed by atoms with E-state index in [9.17, 15) is 0 Å². The fraction of sp³-hybridized carbons (Fsp3) is 0.373. The van der Waals surface area contributed by atoms with Gasteiger partial charge in [-0.1, -0.05) is 133 Å². The predicted octanol–water partition coefficient (Wildman–Crippen LogP) is 16.2. The molecular formula is C75H86N4O8S2. The Balaban J connectivity index is 1.00. The average Bonchev–Trinajstić information content (AvgIpc) is 1.57. The summed E-state index contributed by atoms with van der Waals surface area (Å²) in [6.07, 6.45) is 18.8. The van der Waals surface area contributed by atoms with E-state index in [1.807, 2.05) is 75.8 Å².